The third-order valence-corrected chi connectivity index (χ3v) is 2.57. The van der Waals surface area contributed by atoms with E-state index >= 15 is 0 Å². The Bertz CT molecular complexity index is 156. The number of hydrogen-bond donors (Lipinski definition) is 1. The Morgan fingerprint density at radius 3 is 2.45 bits per heavy atom. The molecule has 0 heterocycles. The van der Waals surface area contributed by atoms with Gasteiger partial charge in [0.25, 0.3) is 0 Å². The number of hydrogen-bond acceptors (Lipinski definition) is 1. The highest BCUT2D eigenvalue weighted by atomic mass is 32.1. The normalized spacial score (nSPS) is 14.7. The van der Waals surface area contributed by atoms with Crippen LogP contribution in [0, 0.1) is 0 Å². The molecule has 11 heavy (non-hydrogen) atoms. The van der Waals surface area contributed by atoms with Gasteiger partial charge in [-0.1, -0.05) is 23.8 Å². The van der Waals surface area contributed by atoms with E-state index in [2.05, 4.69) is 39.1 Å². The molecule has 0 aliphatic carbocycles. The maximum absolute atomic E-state index is 4.41. The van der Waals surface area contributed by atoms with Gasteiger partial charge in [0.1, 0.15) is 0 Å². The zero-order valence-corrected chi connectivity index (χ0v) is 8.62. The lowest BCUT2D eigenvalue weighted by molar-refractivity contribution is 0.822. The molecular formula is C10H18S. The van der Waals surface area contributed by atoms with Crippen molar-refractivity contribution in [2.45, 2.75) is 38.9 Å². The Labute approximate surface area is 75.8 Å². The molecule has 0 aromatic rings. The molecule has 0 rings (SSSR count). The van der Waals surface area contributed by atoms with Crippen molar-refractivity contribution in [3.05, 3.63) is 23.8 Å². The maximum Gasteiger partial charge on any atom is 0.0223 e. The summed E-state index contributed by atoms with van der Waals surface area (Å²) in [6.07, 6.45) is 4.39. The minimum absolute atomic E-state index is 0.366. The van der Waals surface area contributed by atoms with Crippen molar-refractivity contribution >= 4 is 12.6 Å². The van der Waals surface area contributed by atoms with Crippen molar-refractivity contribution in [1.29, 1.82) is 0 Å². The number of thiol groups is 1. The van der Waals surface area contributed by atoms with E-state index in [1.807, 2.05) is 6.92 Å². The van der Waals surface area contributed by atoms with E-state index < -0.39 is 0 Å². The van der Waals surface area contributed by atoms with Crippen LogP contribution in [-0.4, -0.2) is 5.25 Å². The Hall–Kier alpha value is -0.170. The summed E-state index contributed by atoms with van der Waals surface area (Å²) in [7, 11) is 0. The topological polar surface area (TPSA) is 0 Å². The van der Waals surface area contributed by atoms with Crippen LogP contribution in [0.15, 0.2) is 23.8 Å². The van der Waals surface area contributed by atoms with Gasteiger partial charge in [0, 0.05) is 5.25 Å². The molecular weight excluding hydrogens is 152 g/mol. The van der Waals surface area contributed by atoms with Gasteiger partial charge in [-0.3, -0.25) is 0 Å². The molecule has 0 fully saturated rings. The van der Waals surface area contributed by atoms with Gasteiger partial charge >= 0.3 is 0 Å². The van der Waals surface area contributed by atoms with Gasteiger partial charge in [0.05, 0.1) is 0 Å². The first-order valence-corrected chi connectivity index (χ1v) is 4.54. The largest absolute Gasteiger partial charge is 0.171 e. The van der Waals surface area contributed by atoms with Crippen LogP contribution in [0.3, 0.4) is 0 Å². The summed E-state index contributed by atoms with van der Waals surface area (Å²) in [6.45, 7) is 10.1. The van der Waals surface area contributed by atoms with Crippen LogP contribution < -0.4 is 0 Å². The number of rotatable bonds is 4. The Morgan fingerprint density at radius 1 is 1.55 bits per heavy atom. The fourth-order valence-electron chi connectivity index (χ4n) is 0.755. The first kappa shape index (κ1) is 10.8. The van der Waals surface area contributed by atoms with Crippen molar-refractivity contribution < 1.29 is 0 Å². The van der Waals surface area contributed by atoms with E-state index in [0.717, 1.165) is 18.4 Å². The molecule has 0 aromatic heterocycles. The third kappa shape index (κ3) is 5.14. The van der Waals surface area contributed by atoms with Gasteiger partial charge in [-0.05, 0) is 33.6 Å². The average Bonchev–Trinajstić information content (AvgIpc) is 1.99. The molecule has 0 saturated carbocycles. The first-order chi connectivity index (χ1) is 5.07. The van der Waals surface area contributed by atoms with Crippen LogP contribution in [0.25, 0.3) is 0 Å². The van der Waals surface area contributed by atoms with Gasteiger partial charge in [0.15, 0.2) is 0 Å². The Morgan fingerprint density at radius 2 is 2.09 bits per heavy atom. The first-order valence-electron chi connectivity index (χ1n) is 4.03. The molecule has 0 spiro atoms. The van der Waals surface area contributed by atoms with E-state index in [-0.39, 0.29) is 0 Å². The predicted molar refractivity (Wildman–Crippen MR) is 56.3 cm³/mol. The zero-order chi connectivity index (χ0) is 8.85. The van der Waals surface area contributed by atoms with E-state index in [1.54, 1.807) is 0 Å². The van der Waals surface area contributed by atoms with Crippen LogP contribution in [0.2, 0.25) is 0 Å². The minimum atomic E-state index is 0.366. The SMILES string of the molecule is C=C(C)C(S)CC/C(C)=C/C. The van der Waals surface area contributed by atoms with E-state index in [4.69, 9.17) is 0 Å². The Kier molecular flexibility index (Phi) is 5.39. The van der Waals surface area contributed by atoms with E-state index in [1.165, 1.54) is 5.57 Å². The molecule has 0 radical (unpaired) electrons. The Balaban J connectivity index is 3.62. The summed E-state index contributed by atoms with van der Waals surface area (Å²) >= 11 is 4.41. The lowest BCUT2D eigenvalue weighted by atomic mass is 10.1. The fraction of sp³-hybridized carbons (Fsp3) is 0.600. The summed E-state index contributed by atoms with van der Waals surface area (Å²) in [5, 5.41) is 0.366. The highest BCUT2D eigenvalue weighted by Crippen LogP contribution is 2.16. The van der Waals surface area contributed by atoms with Crippen molar-refractivity contribution in [3.63, 3.8) is 0 Å². The predicted octanol–water partition coefficient (Wildman–Crippen LogP) is 3.61. The van der Waals surface area contributed by atoms with Gasteiger partial charge in [-0.15, -0.1) is 0 Å². The molecule has 0 nitrogen and oxygen atoms in total. The smallest absolute Gasteiger partial charge is 0.0223 e. The summed E-state index contributed by atoms with van der Waals surface area (Å²) in [5.74, 6) is 0. The van der Waals surface area contributed by atoms with Crippen molar-refractivity contribution in [3.8, 4) is 0 Å². The monoisotopic (exact) mass is 170 g/mol. The molecule has 0 aromatic carbocycles. The standard InChI is InChI=1S/C10H18S/c1-5-9(4)6-7-10(11)8(2)3/h5,10-11H,2,6-7H2,1,3-4H3/b9-5+. The lowest BCUT2D eigenvalue weighted by Gasteiger charge is -2.09. The lowest BCUT2D eigenvalue weighted by Crippen LogP contribution is -1.98. The highest BCUT2D eigenvalue weighted by Gasteiger charge is 2.02. The summed E-state index contributed by atoms with van der Waals surface area (Å²) in [5.41, 5.74) is 2.60. The third-order valence-electron chi connectivity index (χ3n) is 1.87. The molecule has 0 aliphatic heterocycles. The molecule has 1 unspecified atom stereocenters. The molecule has 0 saturated heterocycles. The second kappa shape index (κ2) is 5.48. The van der Waals surface area contributed by atoms with Gasteiger partial charge in [-0.25, -0.2) is 0 Å². The summed E-state index contributed by atoms with van der Waals surface area (Å²) in [4.78, 5) is 0. The second-order valence-electron chi connectivity index (χ2n) is 3.04. The fourth-order valence-corrected chi connectivity index (χ4v) is 0.884. The number of allylic oxidation sites excluding steroid dienone is 2. The average molecular weight is 170 g/mol. The van der Waals surface area contributed by atoms with Gasteiger partial charge in [0.2, 0.25) is 0 Å². The van der Waals surface area contributed by atoms with Gasteiger partial charge in [-0.2, -0.15) is 12.6 Å². The minimum Gasteiger partial charge on any atom is -0.171 e. The van der Waals surface area contributed by atoms with E-state index in [9.17, 15) is 0 Å². The second-order valence-corrected chi connectivity index (χ2v) is 3.66. The molecule has 1 heteroatoms. The molecule has 0 bridgehead atoms. The summed E-state index contributed by atoms with van der Waals surface area (Å²) in [6, 6.07) is 0. The van der Waals surface area contributed by atoms with Gasteiger partial charge < -0.3 is 0 Å². The summed E-state index contributed by atoms with van der Waals surface area (Å²) < 4.78 is 0. The molecule has 64 valence electrons. The van der Waals surface area contributed by atoms with Crippen LogP contribution in [0.1, 0.15) is 33.6 Å². The van der Waals surface area contributed by atoms with Crippen molar-refractivity contribution in [2.24, 2.45) is 0 Å². The van der Waals surface area contributed by atoms with Crippen LogP contribution in [-0.2, 0) is 0 Å². The van der Waals surface area contributed by atoms with Crippen LogP contribution in [0.5, 0.6) is 0 Å². The maximum atomic E-state index is 4.41. The molecule has 0 aliphatic rings. The van der Waals surface area contributed by atoms with Crippen LogP contribution >= 0.6 is 12.6 Å². The highest BCUT2D eigenvalue weighted by molar-refractivity contribution is 7.81. The molecule has 0 amide bonds. The quantitative estimate of drug-likeness (QED) is 0.483. The van der Waals surface area contributed by atoms with Crippen LogP contribution in [0.4, 0.5) is 0 Å². The molecule has 1 atom stereocenters. The zero-order valence-electron chi connectivity index (χ0n) is 7.72. The van der Waals surface area contributed by atoms with E-state index in [0.29, 0.717) is 5.25 Å². The molecule has 0 N–H and O–H groups in total. The van der Waals surface area contributed by atoms with Crippen molar-refractivity contribution in [2.75, 3.05) is 0 Å². The van der Waals surface area contributed by atoms with Crippen molar-refractivity contribution in [1.82, 2.24) is 0 Å².